The molecule has 0 heterocycles. The molecule has 24 heavy (non-hydrogen) atoms. The van der Waals surface area contributed by atoms with Crippen LogP contribution in [0.2, 0.25) is 10.0 Å². The van der Waals surface area contributed by atoms with Crippen LogP contribution in [0.4, 0.5) is 5.69 Å². The number of aldehydes is 1. The third kappa shape index (κ3) is 4.70. The molecule has 2 aromatic carbocycles. The smallest absolute Gasteiger partial charge is 0.260 e. The number of benzene rings is 2. The number of rotatable bonds is 7. The predicted octanol–water partition coefficient (Wildman–Crippen LogP) is 3.76. The van der Waals surface area contributed by atoms with E-state index in [2.05, 4.69) is 4.72 Å². The van der Waals surface area contributed by atoms with Crippen LogP contribution in [-0.2, 0) is 21.2 Å². The molecule has 5 nitrogen and oxygen atoms in total. The molecule has 0 saturated carbocycles. The largest absolute Gasteiger partial charge is 0.363 e. The first-order valence-electron chi connectivity index (χ1n) is 6.89. The van der Waals surface area contributed by atoms with Crippen LogP contribution in [0.5, 0.6) is 0 Å². The Balaban J connectivity index is 2.17. The van der Waals surface area contributed by atoms with Crippen molar-refractivity contribution in [3.8, 4) is 0 Å². The summed E-state index contributed by atoms with van der Waals surface area (Å²) in [6.07, 6.45) is 0.787. The molecule has 0 spiro atoms. The highest BCUT2D eigenvalue weighted by Crippen LogP contribution is 2.24. The van der Waals surface area contributed by atoms with Gasteiger partial charge in [0.05, 0.1) is 10.0 Å². The van der Waals surface area contributed by atoms with Gasteiger partial charge in [-0.1, -0.05) is 29.3 Å². The summed E-state index contributed by atoms with van der Waals surface area (Å²) < 4.78 is 32.5. The Bertz CT molecular complexity index is 822. The minimum absolute atomic E-state index is 0.106. The van der Waals surface area contributed by atoms with E-state index in [4.69, 9.17) is 27.9 Å². The maximum atomic E-state index is 12.5. The molecule has 0 amide bonds. The quantitative estimate of drug-likeness (QED) is 0.733. The van der Waals surface area contributed by atoms with Gasteiger partial charge in [0.2, 0.25) is 0 Å². The molecule has 0 bridgehead atoms. The summed E-state index contributed by atoms with van der Waals surface area (Å²) in [6, 6.07) is 10.9. The van der Waals surface area contributed by atoms with Crippen LogP contribution in [0.25, 0.3) is 0 Å². The fourth-order valence-electron chi connectivity index (χ4n) is 2.04. The number of anilines is 1. The van der Waals surface area contributed by atoms with E-state index < -0.39 is 15.5 Å². The van der Waals surface area contributed by atoms with Crippen molar-refractivity contribution in [2.24, 2.45) is 0 Å². The molecule has 1 unspecified atom stereocenters. The molecular weight excluding hydrogens is 373 g/mol. The molecule has 0 radical (unpaired) electrons. The molecule has 0 aliphatic heterocycles. The van der Waals surface area contributed by atoms with Crippen molar-refractivity contribution in [2.45, 2.75) is 11.9 Å². The van der Waals surface area contributed by atoms with Gasteiger partial charge in [0, 0.05) is 24.8 Å². The van der Waals surface area contributed by atoms with Gasteiger partial charge in [-0.25, -0.2) is 8.42 Å². The van der Waals surface area contributed by atoms with E-state index in [1.807, 2.05) is 0 Å². The molecule has 1 N–H and O–H groups in total. The first-order valence-corrected chi connectivity index (χ1v) is 9.19. The first kappa shape index (κ1) is 18.7. The minimum Gasteiger partial charge on any atom is -0.363 e. The fourth-order valence-corrected chi connectivity index (χ4v) is 3.62. The molecule has 0 saturated heterocycles. The summed E-state index contributed by atoms with van der Waals surface area (Å²) in [7, 11) is -2.49. The van der Waals surface area contributed by atoms with Crippen LogP contribution in [0.15, 0.2) is 42.5 Å². The molecule has 0 aliphatic carbocycles. The van der Waals surface area contributed by atoms with Crippen molar-refractivity contribution in [2.75, 3.05) is 11.8 Å². The van der Waals surface area contributed by atoms with Gasteiger partial charge in [0.25, 0.3) is 10.0 Å². The first-order chi connectivity index (χ1) is 11.4. The van der Waals surface area contributed by atoms with E-state index in [1.165, 1.54) is 31.4 Å². The zero-order chi connectivity index (χ0) is 17.7. The summed E-state index contributed by atoms with van der Waals surface area (Å²) >= 11 is 11.8. The summed E-state index contributed by atoms with van der Waals surface area (Å²) in [5.74, 6) is 0. The maximum absolute atomic E-state index is 12.5. The van der Waals surface area contributed by atoms with Gasteiger partial charge < -0.3 is 4.74 Å². The van der Waals surface area contributed by atoms with Crippen molar-refractivity contribution in [3.63, 3.8) is 0 Å². The highest BCUT2D eigenvalue weighted by Gasteiger charge is 2.25. The number of nitrogens with one attached hydrogen (secondary N) is 1. The molecule has 2 rings (SSSR count). The summed E-state index contributed by atoms with van der Waals surface area (Å²) in [6.45, 7) is 0. The van der Waals surface area contributed by atoms with E-state index in [9.17, 15) is 13.2 Å². The van der Waals surface area contributed by atoms with E-state index in [-0.39, 0.29) is 6.42 Å². The number of halogens is 2. The minimum atomic E-state index is -3.80. The number of methoxy groups -OCH3 is 1. The van der Waals surface area contributed by atoms with Crippen LogP contribution in [0.3, 0.4) is 0 Å². The Hall–Kier alpha value is -1.60. The highest BCUT2D eigenvalue weighted by molar-refractivity contribution is 7.93. The van der Waals surface area contributed by atoms with E-state index in [0.29, 0.717) is 33.1 Å². The Morgan fingerprint density at radius 2 is 1.79 bits per heavy atom. The van der Waals surface area contributed by atoms with Crippen LogP contribution >= 0.6 is 23.2 Å². The van der Waals surface area contributed by atoms with Crippen molar-refractivity contribution in [1.82, 2.24) is 0 Å². The lowest BCUT2D eigenvalue weighted by Gasteiger charge is -2.18. The number of hydrogen-bond acceptors (Lipinski definition) is 4. The zero-order valence-corrected chi connectivity index (χ0v) is 15.0. The lowest BCUT2D eigenvalue weighted by molar-refractivity contribution is 0.112. The summed E-state index contributed by atoms with van der Waals surface area (Å²) in [4.78, 5) is 10.6. The number of hydrogen-bond donors (Lipinski definition) is 1. The van der Waals surface area contributed by atoms with Crippen molar-refractivity contribution in [1.29, 1.82) is 0 Å². The SMILES string of the molecule is COC(Cc1ccc(Cl)c(Cl)c1)S(=O)(=O)Nc1ccc(C=O)cc1. The van der Waals surface area contributed by atoms with E-state index in [1.54, 1.807) is 18.2 Å². The van der Waals surface area contributed by atoms with Crippen LogP contribution in [0.1, 0.15) is 15.9 Å². The standard InChI is InChI=1S/C16H15Cl2NO4S/c1-23-16(9-12-4-7-14(17)15(18)8-12)24(21,22)19-13-5-2-11(10-20)3-6-13/h2-8,10,16,19H,9H2,1H3. The second kappa shape index (κ2) is 7.98. The zero-order valence-electron chi connectivity index (χ0n) is 12.7. The summed E-state index contributed by atoms with van der Waals surface area (Å²) in [5, 5.41) is 0.740. The third-order valence-electron chi connectivity index (χ3n) is 3.30. The average molecular weight is 388 g/mol. The molecule has 0 aromatic heterocycles. The number of carbonyl (C=O) groups is 1. The van der Waals surface area contributed by atoms with Gasteiger partial charge in [0.15, 0.2) is 5.44 Å². The molecule has 0 fully saturated rings. The number of ether oxygens (including phenoxy) is 1. The predicted molar refractivity (Wildman–Crippen MR) is 95.3 cm³/mol. The van der Waals surface area contributed by atoms with Gasteiger partial charge in [-0.15, -0.1) is 0 Å². The van der Waals surface area contributed by atoms with Crippen LogP contribution in [0, 0.1) is 0 Å². The highest BCUT2D eigenvalue weighted by atomic mass is 35.5. The lowest BCUT2D eigenvalue weighted by Crippen LogP contribution is -2.31. The summed E-state index contributed by atoms with van der Waals surface area (Å²) in [5.41, 5.74) is 0.368. The van der Waals surface area contributed by atoms with E-state index in [0.717, 1.165) is 0 Å². The van der Waals surface area contributed by atoms with Crippen molar-refractivity contribution < 1.29 is 17.9 Å². The third-order valence-corrected chi connectivity index (χ3v) is 5.61. The van der Waals surface area contributed by atoms with Crippen molar-refractivity contribution in [3.05, 3.63) is 63.6 Å². The van der Waals surface area contributed by atoms with Gasteiger partial charge in [0.1, 0.15) is 6.29 Å². The number of carbonyl (C=O) groups excluding carboxylic acids is 1. The second-order valence-corrected chi connectivity index (χ2v) is 7.64. The average Bonchev–Trinajstić information content (AvgIpc) is 2.56. The molecule has 8 heteroatoms. The Labute approximate surface area is 150 Å². The molecule has 2 aromatic rings. The van der Waals surface area contributed by atoms with Gasteiger partial charge in [-0.05, 0) is 42.0 Å². The maximum Gasteiger partial charge on any atom is 0.260 e. The Kier molecular flexibility index (Phi) is 6.23. The normalized spacial score (nSPS) is 12.6. The van der Waals surface area contributed by atoms with Gasteiger partial charge in [-0.2, -0.15) is 0 Å². The van der Waals surface area contributed by atoms with E-state index >= 15 is 0 Å². The molecule has 0 aliphatic rings. The molecule has 1 atom stereocenters. The Morgan fingerprint density at radius 3 is 2.33 bits per heavy atom. The van der Waals surface area contributed by atoms with Gasteiger partial charge >= 0.3 is 0 Å². The second-order valence-electron chi connectivity index (χ2n) is 5.00. The fraction of sp³-hybridized carbons (Fsp3) is 0.188. The Morgan fingerprint density at radius 1 is 1.12 bits per heavy atom. The lowest BCUT2D eigenvalue weighted by atomic mass is 10.2. The monoisotopic (exact) mass is 387 g/mol. The van der Waals surface area contributed by atoms with Crippen LogP contribution in [-0.4, -0.2) is 27.2 Å². The topological polar surface area (TPSA) is 72.5 Å². The molecular formula is C16H15Cl2NO4S. The molecule has 128 valence electrons. The van der Waals surface area contributed by atoms with Gasteiger partial charge in [-0.3, -0.25) is 9.52 Å². The number of sulfonamides is 1. The van der Waals surface area contributed by atoms with Crippen molar-refractivity contribution >= 4 is 45.2 Å². The van der Waals surface area contributed by atoms with Crippen LogP contribution < -0.4 is 4.72 Å².